The number of hydrogen-bond donors (Lipinski definition) is 0. The van der Waals surface area contributed by atoms with Gasteiger partial charge >= 0.3 is 0 Å². The van der Waals surface area contributed by atoms with Gasteiger partial charge in [0.25, 0.3) is 0 Å². The molecule has 3 heteroatoms. The van der Waals surface area contributed by atoms with E-state index in [0.717, 1.165) is 16.7 Å². The molecular formula is C10H12BrFO. The number of halogens is 2. The average molecular weight is 247 g/mol. The molecule has 0 aliphatic heterocycles. The maximum absolute atomic E-state index is 13.3. The minimum Gasteiger partial charge on any atom is -0.380 e. The highest BCUT2D eigenvalue weighted by Gasteiger charge is 2.06. The number of hydrogen-bond acceptors (Lipinski definition) is 1. The van der Waals surface area contributed by atoms with E-state index in [1.807, 2.05) is 13.0 Å². The molecule has 1 rings (SSSR count). The Kier molecular flexibility index (Phi) is 3.88. The van der Waals surface area contributed by atoms with Crippen molar-refractivity contribution in [3.63, 3.8) is 0 Å². The van der Waals surface area contributed by atoms with Crippen molar-refractivity contribution < 1.29 is 9.13 Å². The van der Waals surface area contributed by atoms with Crippen LogP contribution in [0.4, 0.5) is 4.39 Å². The summed E-state index contributed by atoms with van der Waals surface area (Å²) in [6.07, 6.45) is 0. The van der Waals surface area contributed by atoms with Crippen molar-refractivity contribution >= 4 is 15.9 Å². The second kappa shape index (κ2) is 4.72. The van der Waals surface area contributed by atoms with Gasteiger partial charge < -0.3 is 4.74 Å². The van der Waals surface area contributed by atoms with Crippen LogP contribution < -0.4 is 0 Å². The number of rotatable bonds is 3. The smallest absolute Gasteiger partial charge is 0.127 e. The first-order chi connectivity index (χ1) is 6.19. The van der Waals surface area contributed by atoms with Gasteiger partial charge in [0, 0.05) is 18.0 Å². The third kappa shape index (κ3) is 2.51. The van der Waals surface area contributed by atoms with Gasteiger partial charge in [0.05, 0.1) is 6.61 Å². The Balaban J connectivity index is 3.05. The summed E-state index contributed by atoms with van der Waals surface area (Å²) in [5, 5.41) is 0.554. The highest BCUT2D eigenvalue weighted by molar-refractivity contribution is 9.08. The molecule has 0 atom stereocenters. The third-order valence-electron chi connectivity index (χ3n) is 1.92. The van der Waals surface area contributed by atoms with Crippen LogP contribution in [0, 0.1) is 12.7 Å². The van der Waals surface area contributed by atoms with Crippen LogP contribution >= 0.6 is 15.9 Å². The summed E-state index contributed by atoms with van der Waals surface area (Å²) in [5.41, 5.74) is 2.56. The molecule has 0 bridgehead atoms. The van der Waals surface area contributed by atoms with E-state index in [1.165, 1.54) is 6.07 Å². The van der Waals surface area contributed by atoms with E-state index in [2.05, 4.69) is 15.9 Å². The molecular weight excluding hydrogens is 235 g/mol. The predicted octanol–water partition coefficient (Wildman–Crippen LogP) is 3.18. The van der Waals surface area contributed by atoms with Crippen LogP contribution in [0.2, 0.25) is 0 Å². The van der Waals surface area contributed by atoms with Crippen LogP contribution in [-0.2, 0) is 16.7 Å². The zero-order valence-electron chi connectivity index (χ0n) is 7.73. The molecule has 0 radical (unpaired) electrons. The second-order valence-electron chi connectivity index (χ2n) is 2.94. The Labute approximate surface area is 86.0 Å². The van der Waals surface area contributed by atoms with Crippen molar-refractivity contribution in [2.45, 2.75) is 18.9 Å². The SMILES string of the molecule is COCc1cc(C)c(CBr)c(F)c1. The second-order valence-corrected chi connectivity index (χ2v) is 3.50. The number of benzene rings is 1. The van der Waals surface area contributed by atoms with Crippen molar-refractivity contribution in [2.75, 3.05) is 7.11 Å². The molecule has 72 valence electrons. The lowest BCUT2D eigenvalue weighted by molar-refractivity contribution is 0.184. The highest BCUT2D eigenvalue weighted by Crippen LogP contribution is 2.18. The molecule has 0 aliphatic carbocycles. The van der Waals surface area contributed by atoms with Crippen molar-refractivity contribution in [1.29, 1.82) is 0 Å². The summed E-state index contributed by atoms with van der Waals surface area (Å²) < 4.78 is 18.3. The average Bonchev–Trinajstić information content (AvgIpc) is 2.04. The maximum Gasteiger partial charge on any atom is 0.127 e. The predicted molar refractivity (Wildman–Crippen MR) is 54.5 cm³/mol. The van der Waals surface area contributed by atoms with E-state index in [9.17, 15) is 4.39 Å². The molecule has 0 saturated carbocycles. The summed E-state index contributed by atoms with van der Waals surface area (Å²) >= 11 is 3.25. The zero-order valence-corrected chi connectivity index (χ0v) is 9.32. The molecule has 1 aromatic rings. The van der Waals surface area contributed by atoms with Crippen molar-refractivity contribution in [3.05, 3.63) is 34.6 Å². The summed E-state index contributed by atoms with van der Waals surface area (Å²) in [6, 6.07) is 3.47. The first-order valence-electron chi connectivity index (χ1n) is 4.01. The van der Waals surface area contributed by atoms with Gasteiger partial charge in [-0.1, -0.05) is 22.0 Å². The van der Waals surface area contributed by atoms with Gasteiger partial charge in [-0.15, -0.1) is 0 Å². The number of methoxy groups -OCH3 is 1. The van der Waals surface area contributed by atoms with Crippen LogP contribution in [0.5, 0.6) is 0 Å². The molecule has 0 unspecified atom stereocenters. The van der Waals surface area contributed by atoms with Crippen LogP contribution in [0.1, 0.15) is 16.7 Å². The number of alkyl halides is 1. The lowest BCUT2D eigenvalue weighted by atomic mass is 10.1. The largest absolute Gasteiger partial charge is 0.380 e. The van der Waals surface area contributed by atoms with E-state index in [0.29, 0.717) is 11.9 Å². The van der Waals surface area contributed by atoms with Gasteiger partial charge in [-0.3, -0.25) is 0 Å². The molecule has 1 nitrogen and oxygen atoms in total. The Morgan fingerprint density at radius 3 is 2.62 bits per heavy atom. The first kappa shape index (κ1) is 10.7. The normalized spacial score (nSPS) is 10.5. The van der Waals surface area contributed by atoms with Gasteiger partial charge in [0.2, 0.25) is 0 Å². The lowest BCUT2D eigenvalue weighted by Gasteiger charge is -2.07. The Bertz CT molecular complexity index is 276. The Morgan fingerprint density at radius 2 is 2.15 bits per heavy atom. The van der Waals surface area contributed by atoms with E-state index in [4.69, 9.17) is 4.74 Å². The van der Waals surface area contributed by atoms with E-state index in [-0.39, 0.29) is 5.82 Å². The van der Waals surface area contributed by atoms with Crippen molar-refractivity contribution in [3.8, 4) is 0 Å². The summed E-state index contributed by atoms with van der Waals surface area (Å²) in [6.45, 7) is 2.36. The molecule has 0 amide bonds. The first-order valence-corrected chi connectivity index (χ1v) is 5.14. The quantitative estimate of drug-likeness (QED) is 0.745. The molecule has 0 heterocycles. The fourth-order valence-corrected chi connectivity index (χ4v) is 1.97. The van der Waals surface area contributed by atoms with Crippen molar-refractivity contribution in [1.82, 2.24) is 0 Å². The fourth-order valence-electron chi connectivity index (χ4n) is 1.26. The third-order valence-corrected chi connectivity index (χ3v) is 2.48. The summed E-state index contributed by atoms with van der Waals surface area (Å²) in [5.74, 6) is -0.163. The van der Waals surface area contributed by atoms with Gasteiger partial charge in [0.1, 0.15) is 5.82 Å². The molecule has 13 heavy (non-hydrogen) atoms. The van der Waals surface area contributed by atoms with E-state index in [1.54, 1.807) is 7.11 Å². The molecule has 0 spiro atoms. The Morgan fingerprint density at radius 1 is 1.46 bits per heavy atom. The molecule has 0 N–H and O–H groups in total. The molecule has 0 fully saturated rings. The molecule has 1 aromatic carbocycles. The molecule has 0 aromatic heterocycles. The minimum absolute atomic E-state index is 0.163. The monoisotopic (exact) mass is 246 g/mol. The van der Waals surface area contributed by atoms with E-state index >= 15 is 0 Å². The van der Waals surface area contributed by atoms with Crippen LogP contribution in [0.3, 0.4) is 0 Å². The van der Waals surface area contributed by atoms with Gasteiger partial charge in [-0.05, 0) is 24.1 Å². The van der Waals surface area contributed by atoms with Gasteiger partial charge in [-0.25, -0.2) is 4.39 Å². The zero-order chi connectivity index (χ0) is 9.84. The summed E-state index contributed by atoms with van der Waals surface area (Å²) in [7, 11) is 1.60. The van der Waals surface area contributed by atoms with Crippen LogP contribution in [-0.4, -0.2) is 7.11 Å². The highest BCUT2D eigenvalue weighted by atomic mass is 79.9. The van der Waals surface area contributed by atoms with Gasteiger partial charge in [-0.2, -0.15) is 0 Å². The minimum atomic E-state index is -0.163. The molecule has 0 saturated heterocycles. The van der Waals surface area contributed by atoms with Gasteiger partial charge in [0.15, 0.2) is 0 Å². The topological polar surface area (TPSA) is 9.23 Å². The van der Waals surface area contributed by atoms with Crippen LogP contribution in [0.15, 0.2) is 12.1 Å². The standard InChI is InChI=1S/C10H12BrFO/c1-7-3-8(6-13-2)4-10(12)9(7)5-11/h3-4H,5-6H2,1-2H3. The molecule has 0 aliphatic rings. The lowest BCUT2D eigenvalue weighted by Crippen LogP contribution is -1.96. The number of aryl methyl sites for hydroxylation is 1. The maximum atomic E-state index is 13.3. The fraction of sp³-hybridized carbons (Fsp3) is 0.400. The Hall–Kier alpha value is -0.410. The van der Waals surface area contributed by atoms with Crippen molar-refractivity contribution in [2.24, 2.45) is 0 Å². The number of ether oxygens (including phenoxy) is 1. The summed E-state index contributed by atoms with van der Waals surface area (Å²) in [4.78, 5) is 0. The van der Waals surface area contributed by atoms with Crippen LogP contribution in [0.25, 0.3) is 0 Å². The van der Waals surface area contributed by atoms with E-state index < -0.39 is 0 Å².